The van der Waals surface area contributed by atoms with Crippen LogP contribution in [0.2, 0.25) is 0 Å². The van der Waals surface area contributed by atoms with Crippen LogP contribution < -0.4 is 0 Å². The first-order valence-corrected chi connectivity index (χ1v) is 8.03. The Balaban J connectivity index is 1.74. The van der Waals surface area contributed by atoms with Crippen LogP contribution in [0.1, 0.15) is 43.0 Å². The number of nitrogens with zero attached hydrogens (tertiary/aromatic N) is 2. The molecule has 0 radical (unpaired) electrons. The molecule has 128 valence electrons. The Hall–Kier alpha value is -1.86. The van der Waals surface area contributed by atoms with Crippen LogP contribution in [-0.2, 0) is 20.5 Å². The number of halogens is 2. The number of rotatable bonds is 4. The summed E-state index contributed by atoms with van der Waals surface area (Å²) in [4.78, 5) is 0. The van der Waals surface area contributed by atoms with Gasteiger partial charge in [0, 0.05) is 25.2 Å². The summed E-state index contributed by atoms with van der Waals surface area (Å²) in [6.45, 7) is 0.909. The molecular formula is C17H18F2N2O3. The molecule has 2 aromatic rings. The van der Waals surface area contributed by atoms with Crippen LogP contribution in [0.5, 0.6) is 0 Å². The molecule has 4 rings (SSSR count). The second-order valence-corrected chi connectivity index (χ2v) is 6.47. The molecule has 2 fully saturated rings. The van der Waals surface area contributed by atoms with Gasteiger partial charge in [-0.25, -0.2) is 8.78 Å². The van der Waals surface area contributed by atoms with Crippen LogP contribution in [0.4, 0.5) is 8.78 Å². The van der Waals surface area contributed by atoms with E-state index in [-0.39, 0.29) is 0 Å². The van der Waals surface area contributed by atoms with E-state index in [1.807, 2.05) is 0 Å². The molecule has 0 spiro atoms. The third-order valence-corrected chi connectivity index (χ3v) is 5.25. The van der Waals surface area contributed by atoms with Crippen LogP contribution in [0.3, 0.4) is 0 Å². The zero-order valence-corrected chi connectivity index (χ0v) is 13.3. The van der Waals surface area contributed by atoms with E-state index in [0.29, 0.717) is 49.8 Å². The Morgan fingerprint density at radius 3 is 2.50 bits per heavy atom. The highest BCUT2D eigenvalue weighted by atomic mass is 19.1. The maximum atomic E-state index is 14.3. The van der Waals surface area contributed by atoms with Gasteiger partial charge in [0.1, 0.15) is 11.6 Å². The summed E-state index contributed by atoms with van der Waals surface area (Å²) in [5, 5.41) is 8.32. The maximum Gasteiger partial charge on any atom is 0.250 e. The fourth-order valence-electron chi connectivity index (χ4n) is 3.57. The van der Waals surface area contributed by atoms with Crippen molar-refractivity contribution in [3.63, 3.8) is 0 Å². The van der Waals surface area contributed by atoms with E-state index in [4.69, 9.17) is 13.9 Å². The summed E-state index contributed by atoms with van der Waals surface area (Å²) in [6.07, 6.45) is 2.93. The first-order chi connectivity index (χ1) is 11.6. The zero-order valence-electron chi connectivity index (χ0n) is 13.3. The molecule has 24 heavy (non-hydrogen) atoms. The van der Waals surface area contributed by atoms with E-state index in [1.54, 1.807) is 7.11 Å². The summed E-state index contributed by atoms with van der Waals surface area (Å²) in [5.74, 6) is -0.470. The van der Waals surface area contributed by atoms with E-state index in [0.717, 1.165) is 12.5 Å². The minimum Gasteiger partial charge on any atom is -0.421 e. The van der Waals surface area contributed by atoms with Crippen molar-refractivity contribution in [1.82, 2.24) is 10.2 Å². The van der Waals surface area contributed by atoms with Gasteiger partial charge in [-0.15, -0.1) is 10.2 Å². The standard InChI is InChI=1S/C17H18F2N2O3/c1-22-17(7-8-23-10-17)15-21-20-14(24-15)16(5-2-6-16)12-4-3-11(18)9-13(12)19/h3-4,9H,2,5-8,10H2,1H3. The fraction of sp³-hybridized carbons (Fsp3) is 0.529. The number of hydrogen-bond acceptors (Lipinski definition) is 5. The molecule has 1 aromatic heterocycles. The van der Waals surface area contributed by atoms with Crippen molar-refractivity contribution in [2.75, 3.05) is 20.3 Å². The van der Waals surface area contributed by atoms with Crippen molar-refractivity contribution < 1.29 is 22.7 Å². The highest BCUT2D eigenvalue weighted by molar-refractivity contribution is 5.36. The Labute approximate surface area is 138 Å². The van der Waals surface area contributed by atoms with Crippen molar-refractivity contribution in [2.24, 2.45) is 0 Å². The normalized spacial score (nSPS) is 25.6. The molecule has 1 atom stereocenters. The molecule has 1 saturated heterocycles. The number of ether oxygens (including phenoxy) is 2. The first kappa shape index (κ1) is 15.7. The van der Waals surface area contributed by atoms with E-state index in [9.17, 15) is 8.78 Å². The van der Waals surface area contributed by atoms with Gasteiger partial charge in [0.15, 0.2) is 5.60 Å². The van der Waals surface area contributed by atoms with E-state index in [1.165, 1.54) is 12.1 Å². The molecule has 1 aromatic carbocycles. The molecular weight excluding hydrogens is 318 g/mol. The lowest BCUT2D eigenvalue weighted by atomic mass is 9.64. The summed E-state index contributed by atoms with van der Waals surface area (Å²) < 4.78 is 44.5. The quantitative estimate of drug-likeness (QED) is 0.859. The summed E-state index contributed by atoms with van der Waals surface area (Å²) in [7, 11) is 1.58. The summed E-state index contributed by atoms with van der Waals surface area (Å²) in [5.41, 5.74) is -1.02. The highest BCUT2D eigenvalue weighted by Crippen LogP contribution is 2.50. The second kappa shape index (κ2) is 5.60. The van der Waals surface area contributed by atoms with Gasteiger partial charge in [-0.1, -0.05) is 12.5 Å². The van der Waals surface area contributed by atoms with Crippen molar-refractivity contribution in [1.29, 1.82) is 0 Å². The van der Waals surface area contributed by atoms with Crippen LogP contribution in [0.25, 0.3) is 0 Å². The lowest BCUT2D eigenvalue weighted by Gasteiger charge is -2.39. The molecule has 0 bridgehead atoms. The minimum atomic E-state index is -0.739. The molecule has 2 heterocycles. The van der Waals surface area contributed by atoms with Gasteiger partial charge in [-0.05, 0) is 18.9 Å². The molecule has 1 unspecified atom stereocenters. The topological polar surface area (TPSA) is 57.4 Å². The molecule has 2 aliphatic rings. The van der Waals surface area contributed by atoms with Crippen LogP contribution in [-0.4, -0.2) is 30.5 Å². The Kier molecular flexibility index (Phi) is 3.65. The van der Waals surface area contributed by atoms with Crippen LogP contribution in [0.15, 0.2) is 22.6 Å². The maximum absolute atomic E-state index is 14.3. The molecule has 0 amide bonds. The fourth-order valence-corrected chi connectivity index (χ4v) is 3.57. The lowest BCUT2D eigenvalue weighted by molar-refractivity contribution is -0.0425. The summed E-state index contributed by atoms with van der Waals surface area (Å²) >= 11 is 0. The largest absolute Gasteiger partial charge is 0.421 e. The molecule has 7 heteroatoms. The third kappa shape index (κ3) is 2.18. The highest BCUT2D eigenvalue weighted by Gasteiger charge is 2.49. The van der Waals surface area contributed by atoms with Crippen molar-refractivity contribution in [3.05, 3.63) is 47.2 Å². The number of aromatic nitrogens is 2. The predicted molar refractivity (Wildman–Crippen MR) is 79.4 cm³/mol. The number of methoxy groups -OCH3 is 1. The van der Waals surface area contributed by atoms with Gasteiger partial charge >= 0.3 is 0 Å². The first-order valence-electron chi connectivity index (χ1n) is 8.03. The molecule has 5 nitrogen and oxygen atoms in total. The molecule has 1 aliphatic heterocycles. The van der Waals surface area contributed by atoms with Gasteiger partial charge in [0.2, 0.25) is 5.89 Å². The monoisotopic (exact) mass is 336 g/mol. The van der Waals surface area contributed by atoms with Gasteiger partial charge in [-0.3, -0.25) is 0 Å². The van der Waals surface area contributed by atoms with Gasteiger partial charge in [0.25, 0.3) is 5.89 Å². The van der Waals surface area contributed by atoms with E-state index >= 15 is 0 Å². The Morgan fingerprint density at radius 2 is 1.92 bits per heavy atom. The third-order valence-electron chi connectivity index (χ3n) is 5.25. The smallest absolute Gasteiger partial charge is 0.250 e. The zero-order chi connectivity index (χ0) is 16.8. The van der Waals surface area contributed by atoms with Crippen molar-refractivity contribution in [3.8, 4) is 0 Å². The van der Waals surface area contributed by atoms with Gasteiger partial charge in [0.05, 0.1) is 18.6 Å². The Bertz CT molecular complexity index is 752. The van der Waals surface area contributed by atoms with Crippen LogP contribution in [0, 0.1) is 11.6 Å². The van der Waals surface area contributed by atoms with Crippen LogP contribution >= 0.6 is 0 Å². The average molecular weight is 336 g/mol. The summed E-state index contributed by atoms with van der Waals surface area (Å²) in [6, 6.07) is 3.63. The van der Waals surface area contributed by atoms with Gasteiger partial charge < -0.3 is 13.9 Å². The molecule has 1 saturated carbocycles. The second-order valence-electron chi connectivity index (χ2n) is 6.47. The SMILES string of the molecule is COC1(c2nnc(C3(c4ccc(F)cc4F)CCC3)o2)CCOC1. The number of hydrogen-bond donors (Lipinski definition) is 0. The van der Waals surface area contributed by atoms with Crippen molar-refractivity contribution >= 4 is 0 Å². The molecule has 1 aliphatic carbocycles. The Morgan fingerprint density at radius 1 is 1.12 bits per heavy atom. The molecule has 0 N–H and O–H groups in total. The number of benzene rings is 1. The minimum absolute atomic E-state index is 0.350. The van der Waals surface area contributed by atoms with Crippen molar-refractivity contribution in [2.45, 2.75) is 36.7 Å². The average Bonchev–Trinajstić information content (AvgIpc) is 3.18. The van der Waals surface area contributed by atoms with Gasteiger partial charge in [-0.2, -0.15) is 0 Å². The van der Waals surface area contributed by atoms with E-state index in [2.05, 4.69) is 10.2 Å². The predicted octanol–water partition coefficient (Wildman–Crippen LogP) is 3.08. The van der Waals surface area contributed by atoms with E-state index < -0.39 is 22.7 Å². The lowest BCUT2D eigenvalue weighted by Crippen LogP contribution is -2.37.